The summed E-state index contributed by atoms with van der Waals surface area (Å²) in [6.07, 6.45) is 0.847. The SMILES string of the molecule is O=C(NCCCSc1ccc(F)cc1)c1cc2cc(Br)ccc2[nH]1. The van der Waals surface area contributed by atoms with Crippen LogP contribution >= 0.6 is 27.7 Å². The van der Waals surface area contributed by atoms with E-state index in [2.05, 4.69) is 26.2 Å². The first-order valence-electron chi connectivity index (χ1n) is 7.57. The molecule has 0 fully saturated rings. The Hall–Kier alpha value is -1.79. The maximum absolute atomic E-state index is 12.8. The summed E-state index contributed by atoms with van der Waals surface area (Å²) >= 11 is 5.07. The molecule has 24 heavy (non-hydrogen) atoms. The van der Waals surface area contributed by atoms with Crippen LogP contribution in [0.2, 0.25) is 0 Å². The quantitative estimate of drug-likeness (QED) is 0.447. The van der Waals surface area contributed by atoms with Gasteiger partial charge in [-0.05, 0) is 60.7 Å². The fourth-order valence-electron chi connectivity index (χ4n) is 2.32. The molecule has 2 N–H and O–H groups in total. The topological polar surface area (TPSA) is 44.9 Å². The standard InChI is InChI=1S/C18H16BrFN2OS/c19-13-2-7-16-12(10-13)11-17(22-16)18(23)21-8-1-9-24-15-5-3-14(20)4-6-15/h2-7,10-11,22H,1,8-9H2,(H,21,23). The number of aromatic amines is 1. The molecule has 124 valence electrons. The van der Waals surface area contributed by atoms with Crippen LogP contribution in [-0.2, 0) is 0 Å². The number of halogens is 2. The number of amides is 1. The highest BCUT2D eigenvalue weighted by Crippen LogP contribution is 2.21. The maximum atomic E-state index is 12.8. The van der Waals surface area contributed by atoms with Gasteiger partial charge in [-0.15, -0.1) is 11.8 Å². The van der Waals surface area contributed by atoms with Crippen LogP contribution in [0.4, 0.5) is 4.39 Å². The monoisotopic (exact) mass is 406 g/mol. The van der Waals surface area contributed by atoms with Crippen molar-refractivity contribution < 1.29 is 9.18 Å². The predicted molar refractivity (Wildman–Crippen MR) is 100 cm³/mol. The lowest BCUT2D eigenvalue weighted by Gasteiger charge is -2.04. The van der Waals surface area contributed by atoms with E-state index in [0.29, 0.717) is 12.2 Å². The second-order valence-corrected chi connectivity index (χ2v) is 7.41. The molecule has 2 aromatic carbocycles. The van der Waals surface area contributed by atoms with Gasteiger partial charge in [-0.1, -0.05) is 15.9 Å². The molecular formula is C18H16BrFN2OS. The Morgan fingerprint density at radius 3 is 2.75 bits per heavy atom. The van der Waals surface area contributed by atoms with Crippen LogP contribution in [0.25, 0.3) is 10.9 Å². The Bertz CT molecular complexity index is 848. The molecule has 0 radical (unpaired) electrons. The summed E-state index contributed by atoms with van der Waals surface area (Å²) in [5.74, 6) is 0.539. The summed E-state index contributed by atoms with van der Waals surface area (Å²) < 4.78 is 13.8. The average Bonchev–Trinajstić information content (AvgIpc) is 2.99. The van der Waals surface area contributed by atoms with Crippen LogP contribution in [-0.4, -0.2) is 23.2 Å². The van der Waals surface area contributed by atoms with E-state index < -0.39 is 0 Å². The Morgan fingerprint density at radius 1 is 1.17 bits per heavy atom. The molecule has 3 aromatic rings. The second kappa shape index (κ2) is 7.85. The third-order valence-electron chi connectivity index (χ3n) is 3.52. The minimum atomic E-state index is -0.225. The molecule has 6 heteroatoms. The van der Waals surface area contributed by atoms with Crippen molar-refractivity contribution in [2.75, 3.05) is 12.3 Å². The first kappa shape index (κ1) is 17.0. The molecule has 0 saturated carbocycles. The van der Waals surface area contributed by atoms with Crippen LogP contribution in [0, 0.1) is 5.82 Å². The van der Waals surface area contributed by atoms with Gasteiger partial charge < -0.3 is 10.3 Å². The number of carbonyl (C=O) groups is 1. The lowest BCUT2D eigenvalue weighted by Crippen LogP contribution is -2.25. The van der Waals surface area contributed by atoms with E-state index in [-0.39, 0.29) is 11.7 Å². The van der Waals surface area contributed by atoms with Gasteiger partial charge in [0.05, 0.1) is 0 Å². The van der Waals surface area contributed by atoms with E-state index in [1.54, 1.807) is 23.9 Å². The van der Waals surface area contributed by atoms with Gasteiger partial charge in [0, 0.05) is 26.8 Å². The molecule has 1 aromatic heterocycles. The smallest absolute Gasteiger partial charge is 0.267 e. The van der Waals surface area contributed by atoms with Gasteiger partial charge in [-0.25, -0.2) is 4.39 Å². The van der Waals surface area contributed by atoms with E-state index in [0.717, 1.165) is 32.4 Å². The van der Waals surface area contributed by atoms with Gasteiger partial charge in [0.15, 0.2) is 0 Å². The Kier molecular flexibility index (Phi) is 5.58. The number of fused-ring (bicyclic) bond motifs is 1. The van der Waals surface area contributed by atoms with Crippen molar-refractivity contribution >= 4 is 44.5 Å². The van der Waals surface area contributed by atoms with E-state index in [4.69, 9.17) is 0 Å². The normalized spacial score (nSPS) is 10.9. The van der Waals surface area contributed by atoms with E-state index in [1.807, 2.05) is 24.3 Å². The highest BCUT2D eigenvalue weighted by atomic mass is 79.9. The Morgan fingerprint density at radius 2 is 1.96 bits per heavy atom. The Labute approximate surface area is 152 Å². The molecule has 0 aliphatic heterocycles. The fraction of sp³-hybridized carbons (Fsp3) is 0.167. The summed E-state index contributed by atoms with van der Waals surface area (Å²) in [4.78, 5) is 16.3. The average molecular weight is 407 g/mol. The van der Waals surface area contributed by atoms with E-state index >= 15 is 0 Å². The molecule has 0 saturated heterocycles. The summed E-state index contributed by atoms with van der Waals surface area (Å²) in [5, 5.41) is 3.92. The zero-order valence-corrected chi connectivity index (χ0v) is 15.2. The van der Waals surface area contributed by atoms with Crippen molar-refractivity contribution in [3.63, 3.8) is 0 Å². The number of thioether (sulfide) groups is 1. The lowest BCUT2D eigenvalue weighted by atomic mass is 10.2. The minimum absolute atomic E-state index is 0.103. The number of hydrogen-bond acceptors (Lipinski definition) is 2. The van der Waals surface area contributed by atoms with Crippen molar-refractivity contribution in [2.24, 2.45) is 0 Å². The third-order valence-corrected chi connectivity index (χ3v) is 5.11. The molecule has 0 bridgehead atoms. The molecule has 0 unspecified atom stereocenters. The molecule has 3 nitrogen and oxygen atoms in total. The zero-order chi connectivity index (χ0) is 16.9. The van der Waals surface area contributed by atoms with Gasteiger partial charge in [0.1, 0.15) is 11.5 Å². The van der Waals surface area contributed by atoms with Crippen LogP contribution in [0.1, 0.15) is 16.9 Å². The molecular weight excluding hydrogens is 391 g/mol. The molecule has 0 spiro atoms. The number of rotatable bonds is 6. The largest absolute Gasteiger partial charge is 0.351 e. The van der Waals surface area contributed by atoms with Crippen LogP contribution in [0.5, 0.6) is 0 Å². The second-order valence-electron chi connectivity index (χ2n) is 5.33. The Balaban J connectivity index is 1.45. The van der Waals surface area contributed by atoms with Gasteiger partial charge >= 0.3 is 0 Å². The van der Waals surface area contributed by atoms with Crippen molar-refractivity contribution in [1.29, 1.82) is 0 Å². The van der Waals surface area contributed by atoms with Crippen molar-refractivity contribution in [3.05, 3.63) is 64.5 Å². The molecule has 1 heterocycles. The van der Waals surface area contributed by atoms with Gasteiger partial charge in [-0.2, -0.15) is 0 Å². The molecule has 0 aliphatic rings. The molecule has 0 atom stereocenters. The maximum Gasteiger partial charge on any atom is 0.267 e. The third kappa shape index (κ3) is 4.39. The van der Waals surface area contributed by atoms with E-state index in [9.17, 15) is 9.18 Å². The number of H-pyrrole nitrogens is 1. The number of aromatic nitrogens is 1. The summed E-state index contributed by atoms with van der Waals surface area (Å²) in [6, 6.07) is 14.1. The number of hydrogen-bond donors (Lipinski definition) is 2. The molecule has 1 amide bonds. The summed E-state index contributed by atoms with van der Waals surface area (Å²) in [5.41, 5.74) is 1.50. The van der Waals surface area contributed by atoms with Gasteiger partial charge in [0.25, 0.3) is 5.91 Å². The van der Waals surface area contributed by atoms with Crippen molar-refractivity contribution in [2.45, 2.75) is 11.3 Å². The highest BCUT2D eigenvalue weighted by molar-refractivity contribution is 9.10. The van der Waals surface area contributed by atoms with Crippen LogP contribution in [0.3, 0.4) is 0 Å². The number of benzene rings is 2. The first-order valence-corrected chi connectivity index (χ1v) is 9.34. The lowest BCUT2D eigenvalue weighted by molar-refractivity contribution is 0.0949. The van der Waals surface area contributed by atoms with E-state index in [1.165, 1.54) is 12.1 Å². The van der Waals surface area contributed by atoms with Gasteiger partial charge in [0.2, 0.25) is 0 Å². The predicted octanol–water partition coefficient (Wildman–Crippen LogP) is 4.98. The van der Waals surface area contributed by atoms with Gasteiger partial charge in [-0.3, -0.25) is 4.79 Å². The zero-order valence-electron chi connectivity index (χ0n) is 12.8. The fourth-order valence-corrected chi connectivity index (χ4v) is 3.55. The molecule has 0 aliphatic carbocycles. The number of carbonyl (C=O) groups excluding carboxylic acids is 1. The van der Waals surface area contributed by atoms with Crippen molar-refractivity contribution in [1.82, 2.24) is 10.3 Å². The highest BCUT2D eigenvalue weighted by Gasteiger charge is 2.09. The van der Waals surface area contributed by atoms with Crippen LogP contribution < -0.4 is 5.32 Å². The first-order chi connectivity index (χ1) is 11.6. The number of nitrogens with one attached hydrogen (secondary N) is 2. The minimum Gasteiger partial charge on any atom is -0.351 e. The van der Waals surface area contributed by atoms with Crippen LogP contribution in [0.15, 0.2) is 57.9 Å². The van der Waals surface area contributed by atoms with Crippen molar-refractivity contribution in [3.8, 4) is 0 Å². The molecule has 3 rings (SSSR count). The summed E-state index contributed by atoms with van der Waals surface area (Å²) in [6.45, 7) is 0.603. The summed E-state index contributed by atoms with van der Waals surface area (Å²) in [7, 11) is 0.